The predicted octanol–water partition coefficient (Wildman–Crippen LogP) is 2.67. The minimum absolute atomic E-state index is 0.0991. The van der Waals surface area contributed by atoms with E-state index in [9.17, 15) is 4.39 Å². The summed E-state index contributed by atoms with van der Waals surface area (Å²) in [6.45, 7) is 0.899. The molecule has 2 rings (SSSR count). The van der Waals surface area contributed by atoms with Gasteiger partial charge in [0.25, 0.3) is 0 Å². The molecular weight excluding hydrogens is 223 g/mol. The second-order valence-corrected chi connectivity index (χ2v) is 4.66. The highest BCUT2D eigenvalue weighted by molar-refractivity contribution is 7.80. The first kappa shape index (κ1) is 11.3. The molecule has 0 atom stereocenters. The zero-order valence-electron chi connectivity index (χ0n) is 9.00. The van der Waals surface area contributed by atoms with Crippen LogP contribution in [0.2, 0.25) is 0 Å². The van der Waals surface area contributed by atoms with Crippen LogP contribution in [-0.4, -0.2) is 11.5 Å². The summed E-state index contributed by atoms with van der Waals surface area (Å²) in [6.07, 6.45) is 3.85. The Balaban J connectivity index is 1.93. The van der Waals surface area contributed by atoms with E-state index in [0.717, 1.165) is 18.2 Å². The third-order valence-electron chi connectivity index (χ3n) is 2.81. The Morgan fingerprint density at radius 3 is 2.81 bits per heavy atom. The van der Waals surface area contributed by atoms with Gasteiger partial charge in [0.2, 0.25) is 0 Å². The molecule has 0 heterocycles. The number of nitrogens with two attached hydrogens (primary N) is 1. The van der Waals surface area contributed by atoms with Crippen LogP contribution >= 0.6 is 12.2 Å². The Morgan fingerprint density at radius 1 is 1.50 bits per heavy atom. The zero-order chi connectivity index (χ0) is 11.5. The first-order chi connectivity index (χ1) is 7.66. The summed E-state index contributed by atoms with van der Waals surface area (Å²) in [6, 6.07) is 4.88. The molecular formula is C12H15FN2S. The highest BCUT2D eigenvalue weighted by Gasteiger charge is 2.20. The molecule has 1 aliphatic carbocycles. The Hall–Kier alpha value is -1.16. The van der Waals surface area contributed by atoms with E-state index >= 15 is 0 Å². The Bertz CT molecular complexity index is 402. The van der Waals surface area contributed by atoms with Crippen molar-refractivity contribution in [3.63, 3.8) is 0 Å². The maximum absolute atomic E-state index is 13.5. The second kappa shape index (κ2) is 4.78. The van der Waals surface area contributed by atoms with E-state index in [4.69, 9.17) is 18.0 Å². The summed E-state index contributed by atoms with van der Waals surface area (Å²) in [5.74, 6) is 0.525. The van der Waals surface area contributed by atoms with Crippen LogP contribution in [0.4, 0.5) is 10.1 Å². The monoisotopic (exact) mass is 238 g/mol. The molecule has 0 aromatic heterocycles. The third kappa shape index (κ3) is 2.92. The maximum atomic E-state index is 13.5. The highest BCUT2D eigenvalue weighted by Crippen LogP contribution is 2.32. The summed E-state index contributed by atoms with van der Waals surface area (Å²) in [4.78, 5) is 0.0991. The van der Waals surface area contributed by atoms with Crippen LogP contribution in [0.5, 0.6) is 0 Å². The number of hydrogen-bond acceptors (Lipinski definition) is 2. The fourth-order valence-corrected chi connectivity index (χ4v) is 1.82. The van der Waals surface area contributed by atoms with Crippen LogP contribution in [-0.2, 0) is 0 Å². The second-order valence-electron chi connectivity index (χ2n) is 4.22. The molecule has 1 aromatic rings. The first-order valence-corrected chi connectivity index (χ1v) is 5.91. The van der Waals surface area contributed by atoms with E-state index in [0.29, 0.717) is 5.56 Å². The van der Waals surface area contributed by atoms with Gasteiger partial charge in [-0.2, -0.15) is 0 Å². The van der Waals surface area contributed by atoms with Crippen molar-refractivity contribution in [1.82, 2.24) is 0 Å². The number of benzene rings is 1. The number of nitrogens with one attached hydrogen (secondary N) is 1. The van der Waals surface area contributed by atoms with E-state index < -0.39 is 0 Å². The predicted molar refractivity (Wildman–Crippen MR) is 68.1 cm³/mol. The molecule has 86 valence electrons. The molecule has 4 heteroatoms. The van der Waals surface area contributed by atoms with Gasteiger partial charge in [0.05, 0.1) is 0 Å². The third-order valence-corrected chi connectivity index (χ3v) is 3.03. The topological polar surface area (TPSA) is 38.0 Å². The lowest BCUT2D eigenvalue weighted by Crippen LogP contribution is -2.12. The van der Waals surface area contributed by atoms with Gasteiger partial charge in [0, 0.05) is 17.8 Å². The summed E-state index contributed by atoms with van der Waals surface area (Å²) in [7, 11) is 0. The minimum atomic E-state index is -0.357. The summed E-state index contributed by atoms with van der Waals surface area (Å²) >= 11 is 4.74. The van der Waals surface area contributed by atoms with Gasteiger partial charge < -0.3 is 11.1 Å². The molecule has 16 heavy (non-hydrogen) atoms. The van der Waals surface area contributed by atoms with Gasteiger partial charge in [-0.25, -0.2) is 4.39 Å². The number of thiocarbonyl (C=S) groups is 1. The Morgan fingerprint density at radius 2 is 2.25 bits per heavy atom. The molecule has 0 spiro atoms. The van der Waals surface area contributed by atoms with Crippen molar-refractivity contribution < 1.29 is 4.39 Å². The molecule has 0 amide bonds. The van der Waals surface area contributed by atoms with Crippen LogP contribution in [0.1, 0.15) is 24.8 Å². The van der Waals surface area contributed by atoms with Gasteiger partial charge >= 0.3 is 0 Å². The Labute approximate surface area is 100 Å². The Kier molecular flexibility index (Phi) is 3.39. The lowest BCUT2D eigenvalue weighted by molar-refractivity contribution is 0.625. The van der Waals surface area contributed by atoms with Crippen LogP contribution in [0, 0.1) is 11.7 Å². The van der Waals surface area contributed by atoms with Crippen LogP contribution < -0.4 is 11.1 Å². The quantitative estimate of drug-likeness (QED) is 0.775. The average molecular weight is 238 g/mol. The molecule has 0 aliphatic heterocycles. The molecule has 3 N–H and O–H groups in total. The van der Waals surface area contributed by atoms with Gasteiger partial charge in [-0.15, -0.1) is 0 Å². The minimum Gasteiger partial charge on any atom is -0.389 e. The van der Waals surface area contributed by atoms with E-state index in [-0.39, 0.29) is 10.8 Å². The maximum Gasteiger partial charge on any atom is 0.135 e. The molecule has 0 bridgehead atoms. The number of anilines is 1. The van der Waals surface area contributed by atoms with Gasteiger partial charge in [0.1, 0.15) is 10.8 Å². The standard InChI is InChI=1S/C12H15FN2S/c13-11-7-9(3-4-10(11)12(14)16)15-6-5-8-1-2-8/h3-4,7-8,15H,1-2,5-6H2,(H2,14,16). The van der Waals surface area contributed by atoms with E-state index in [1.165, 1.54) is 25.3 Å². The van der Waals surface area contributed by atoms with E-state index in [1.807, 2.05) is 6.07 Å². The van der Waals surface area contributed by atoms with Crippen molar-refractivity contribution >= 4 is 22.9 Å². The summed E-state index contributed by atoms with van der Waals surface area (Å²) in [5.41, 5.74) is 6.48. The normalized spacial score (nSPS) is 14.8. The number of hydrogen-bond donors (Lipinski definition) is 2. The highest BCUT2D eigenvalue weighted by atomic mass is 32.1. The molecule has 1 fully saturated rings. The van der Waals surface area contributed by atoms with Gasteiger partial charge in [-0.3, -0.25) is 0 Å². The molecule has 1 saturated carbocycles. The van der Waals surface area contributed by atoms with Gasteiger partial charge in [-0.05, 0) is 30.5 Å². The fraction of sp³-hybridized carbons (Fsp3) is 0.417. The van der Waals surface area contributed by atoms with Gasteiger partial charge in [-0.1, -0.05) is 25.1 Å². The van der Waals surface area contributed by atoms with Crippen LogP contribution in [0.3, 0.4) is 0 Å². The molecule has 0 unspecified atom stereocenters. The van der Waals surface area contributed by atoms with Crippen molar-refractivity contribution in [2.75, 3.05) is 11.9 Å². The SMILES string of the molecule is NC(=S)c1ccc(NCCC2CC2)cc1F. The average Bonchev–Trinajstić information content (AvgIpc) is 3.01. The van der Waals surface area contributed by atoms with Crippen molar-refractivity contribution in [1.29, 1.82) is 0 Å². The molecule has 0 radical (unpaired) electrons. The van der Waals surface area contributed by atoms with Crippen molar-refractivity contribution in [3.05, 3.63) is 29.6 Å². The van der Waals surface area contributed by atoms with E-state index in [2.05, 4.69) is 5.32 Å². The number of rotatable bonds is 5. The van der Waals surface area contributed by atoms with Crippen molar-refractivity contribution in [3.8, 4) is 0 Å². The molecule has 1 aliphatic rings. The van der Waals surface area contributed by atoms with Crippen LogP contribution in [0.15, 0.2) is 18.2 Å². The smallest absolute Gasteiger partial charge is 0.135 e. The molecule has 2 nitrogen and oxygen atoms in total. The first-order valence-electron chi connectivity index (χ1n) is 5.50. The molecule has 0 saturated heterocycles. The fourth-order valence-electron chi connectivity index (χ4n) is 1.65. The van der Waals surface area contributed by atoms with E-state index in [1.54, 1.807) is 6.07 Å². The largest absolute Gasteiger partial charge is 0.389 e. The lowest BCUT2D eigenvalue weighted by atomic mass is 10.2. The van der Waals surface area contributed by atoms with Crippen LogP contribution in [0.25, 0.3) is 0 Å². The molecule has 1 aromatic carbocycles. The summed E-state index contributed by atoms with van der Waals surface area (Å²) in [5, 5.41) is 3.20. The summed E-state index contributed by atoms with van der Waals surface area (Å²) < 4.78 is 13.5. The zero-order valence-corrected chi connectivity index (χ0v) is 9.82. The van der Waals surface area contributed by atoms with Gasteiger partial charge in [0.15, 0.2) is 0 Å². The number of halogens is 1. The van der Waals surface area contributed by atoms with Crippen molar-refractivity contribution in [2.45, 2.75) is 19.3 Å². The lowest BCUT2D eigenvalue weighted by Gasteiger charge is -2.07. The van der Waals surface area contributed by atoms with Crippen molar-refractivity contribution in [2.24, 2.45) is 11.7 Å².